The number of amides is 1. The molecule has 0 aliphatic heterocycles. The number of sulfonamides is 1. The van der Waals surface area contributed by atoms with E-state index in [0.717, 1.165) is 10.6 Å². The Morgan fingerprint density at radius 3 is 2.75 bits per heavy atom. The standard InChI is InChI=1S/C12H19N3O4S/c1-19-8-7-15(20(2,17)18)10-12(16)14-9-11-5-3-4-6-13-11/h3-6H,7-10H2,1-2H3,(H,14,16). The molecule has 112 valence electrons. The Balaban J connectivity index is 2.50. The van der Waals surface area contributed by atoms with Crippen molar-refractivity contribution in [3.63, 3.8) is 0 Å². The number of methoxy groups -OCH3 is 1. The zero-order valence-electron chi connectivity index (χ0n) is 11.6. The molecule has 7 nitrogen and oxygen atoms in total. The fourth-order valence-electron chi connectivity index (χ4n) is 1.46. The second-order valence-electron chi connectivity index (χ2n) is 4.19. The first-order chi connectivity index (χ1) is 9.43. The topological polar surface area (TPSA) is 88.6 Å². The molecule has 1 rings (SSSR count). The molecule has 0 aliphatic rings. The van der Waals surface area contributed by atoms with E-state index in [2.05, 4.69) is 10.3 Å². The van der Waals surface area contributed by atoms with Crippen molar-refractivity contribution >= 4 is 15.9 Å². The SMILES string of the molecule is COCCN(CC(=O)NCc1ccccn1)S(C)(=O)=O. The fraction of sp³-hybridized carbons (Fsp3) is 0.500. The highest BCUT2D eigenvalue weighted by Gasteiger charge is 2.19. The molecular weight excluding hydrogens is 282 g/mol. The highest BCUT2D eigenvalue weighted by Crippen LogP contribution is 1.98. The van der Waals surface area contributed by atoms with Crippen molar-refractivity contribution in [1.82, 2.24) is 14.6 Å². The second kappa shape index (κ2) is 7.93. The third kappa shape index (κ3) is 6.09. The molecule has 1 aromatic heterocycles. The van der Waals surface area contributed by atoms with Crippen LogP contribution in [0.1, 0.15) is 5.69 Å². The van der Waals surface area contributed by atoms with Crippen molar-refractivity contribution in [2.24, 2.45) is 0 Å². The minimum absolute atomic E-state index is 0.145. The molecule has 0 atom stereocenters. The van der Waals surface area contributed by atoms with Crippen LogP contribution >= 0.6 is 0 Å². The summed E-state index contributed by atoms with van der Waals surface area (Å²) in [5.41, 5.74) is 0.712. The average Bonchev–Trinajstić information content (AvgIpc) is 2.41. The summed E-state index contributed by atoms with van der Waals surface area (Å²) >= 11 is 0. The Kier molecular flexibility index (Phi) is 6.56. The number of carbonyl (C=O) groups is 1. The Labute approximate surface area is 119 Å². The van der Waals surface area contributed by atoms with Crippen LogP contribution in [0.3, 0.4) is 0 Å². The van der Waals surface area contributed by atoms with Gasteiger partial charge in [0.2, 0.25) is 15.9 Å². The molecule has 0 saturated carbocycles. The molecule has 8 heteroatoms. The van der Waals surface area contributed by atoms with Crippen LogP contribution in [0.2, 0.25) is 0 Å². The number of nitrogens with zero attached hydrogens (tertiary/aromatic N) is 2. The van der Waals surface area contributed by atoms with Crippen LogP contribution in [-0.2, 0) is 26.1 Å². The Bertz CT molecular complexity index is 519. The normalized spacial score (nSPS) is 11.6. The van der Waals surface area contributed by atoms with Gasteiger partial charge in [-0.15, -0.1) is 0 Å². The molecule has 0 fully saturated rings. The van der Waals surface area contributed by atoms with Crippen molar-refractivity contribution in [1.29, 1.82) is 0 Å². The minimum atomic E-state index is -3.44. The van der Waals surface area contributed by atoms with E-state index in [-0.39, 0.29) is 32.1 Å². The van der Waals surface area contributed by atoms with Crippen molar-refractivity contribution in [2.45, 2.75) is 6.54 Å². The summed E-state index contributed by atoms with van der Waals surface area (Å²) in [6.45, 7) is 0.420. The summed E-state index contributed by atoms with van der Waals surface area (Å²) < 4.78 is 29.0. The van der Waals surface area contributed by atoms with Crippen molar-refractivity contribution in [2.75, 3.05) is 33.1 Å². The monoisotopic (exact) mass is 301 g/mol. The molecule has 1 amide bonds. The number of carbonyl (C=O) groups excluding carboxylic acids is 1. The summed E-state index contributed by atoms with van der Waals surface area (Å²) in [7, 11) is -1.96. The summed E-state index contributed by atoms with van der Waals surface area (Å²) in [5.74, 6) is -0.378. The van der Waals surface area contributed by atoms with Crippen LogP contribution in [0.25, 0.3) is 0 Å². The van der Waals surface area contributed by atoms with Gasteiger partial charge in [0.05, 0.1) is 31.6 Å². The molecule has 0 radical (unpaired) electrons. The van der Waals surface area contributed by atoms with Crippen molar-refractivity contribution in [3.8, 4) is 0 Å². The van der Waals surface area contributed by atoms with E-state index in [0.29, 0.717) is 5.69 Å². The van der Waals surface area contributed by atoms with Gasteiger partial charge in [0.1, 0.15) is 0 Å². The maximum absolute atomic E-state index is 11.8. The maximum atomic E-state index is 11.8. The minimum Gasteiger partial charge on any atom is -0.383 e. The zero-order valence-corrected chi connectivity index (χ0v) is 12.4. The van der Waals surface area contributed by atoms with Crippen LogP contribution < -0.4 is 5.32 Å². The lowest BCUT2D eigenvalue weighted by Crippen LogP contribution is -2.41. The van der Waals surface area contributed by atoms with Crippen LogP contribution in [-0.4, -0.2) is 56.7 Å². The smallest absolute Gasteiger partial charge is 0.235 e. The lowest BCUT2D eigenvalue weighted by molar-refractivity contribution is -0.121. The molecule has 1 aromatic rings. The van der Waals surface area contributed by atoms with Gasteiger partial charge in [0.15, 0.2) is 0 Å². The number of ether oxygens (including phenoxy) is 1. The molecule has 1 N–H and O–H groups in total. The van der Waals surface area contributed by atoms with Gasteiger partial charge in [-0.25, -0.2) is 8.42 Å². The molecule has 1 heterocycles. The summed E-state index contributed by atoms with van der Waals surface area (Å²) in [6, 6.07) is 5.37. The quantitative estimate of drug-likeness (QED) is 0.706. The van der Waals surface area contributed by atoms with Gasteiger partial charge in [-0.05, 0) is 12.1 Å². The molecule has 0 spiro atoms. The third-order valence-electron chi connectivity index (χ3n) is 2.53. The molecule has 0 bridgehead atoms. The number of pyridine rings is 1. The first-order valence-electron chi connectivity index (χ1n) is 6.04. The molecule has 20 heavy (non-hydrogen) atoms. The van der Waals surface area contributed by atoms with Gasteiger partial charge < -0.3 is 10.1 Å². The number of aromatic nitrogens is 1. The summed E-state index contributed by atoms with van der Waals surface area (Å²) in [6.07, 6.45) is 2.69. The Hall–Kier alpha value is -1.51. The number of rotatable bonds is 8. The first kappa shape index (κ1) is 16.5. The van der Waals surface area contributed by atoms with Crippen LogP contribution in [0.5, 0.6) is 0 Å². The molecule has 0 aliphatic carbocycles. The van der Waals surface area contributed by atoms with E-state index in [1.807, 2.05) is 6.07 Å². The highest BCUT2D eigenvalue weighted by molar-refractivity contribution is 7.88. The van der Waals surface area contributed by atoms with Gasteiger partial charge >= 0.3 is 0 Å². The predicted molar refractivity (Wildman–Crippen MR) is 74.4 cm³/mol. The van der Waals surface area contributed by atoms with E-state index in [1.165, 1.54) is 7.11 Å². The molecule has 0 aromatic carbocycles. The lowest BCUT2D eigenvalue weighted by Gasteiger charge is -2.18. The van der Waals surface area contributed by atoms with E-state index >= 15 is 0 Å². The Morgan fingerprint density at radius 2 is 2.20 bits per heavy atom. The van der Waals surface area contributed by atoms with Crippen LogP contribution in [0.4, 0.5) is 0 Å². The van der Waals surface area contributed by atoms with E-state index in [1.54, 1.807) is 18.3 Å². The highest BCUT2D eigenvalue weighted by atomic mass is 32.2. The zero-order chi connectivity index (χ0) is 15.0. The van der Waals surface area contributed by atoms with Crippen molar-refractivity contribution < 1.29 is 17.9 Å². The fourth-order valence-corrected chi connectivity index (χ4v) is 2.22. The predicted octanol–water partition coefficient (Wildman–Crippen LogP) is -0.394. The van der Waals surface area contributed by atoms with E-state index in [4.69, 9.17) is 4.74 Å². The van der Waals surface area contributed by atoms with E-state index in [9.17, 15) is 13.2 Å². The lowest BCUT2D eigenvalue weighted by atomic mass is 10.3. The number of hydrogen-bond acceptors (Lipinski definition) is 5. The number of hydrogen-bond donors (Lipinski definition) is 1. The maximum Gasteiger partial charge on any atom is 0.235 e. The average molecular weight is 301 g/mol. The Morgan fingerprint density at radius 1 is 1.45 bits per heavy atom. The van der Waals surface area contributed by atoms with Crippen molar-refractivity contribution in [3.05, 3.63) is 30.1 Å². The third-order valence-corrected chi connectivity index (χ3v) is 3.78. The number of nitrogens with one attached hydrogen (secondary N) is 1. The van der Waals surface area contributed by atoms with Gasteiger partial charge in [0, 0.05) is 19.9 Å². The summed E-state index contributed by atoms with van der Waals surface area (Å²) in [4.78, 5) is 15.8. The molecular formula is C12H19N3O4S. The largest absolute Gasteiger partial charge is 0.383 e. The van der Waals surface area contributed by atoms with E-state index < -0.39 is 10.0 Å². The van der Waals surface area contributed by atoms with Gasteiger partial charge in [-0.1, -0.05) is 6.07 Å². The first-order valence-corrected chi connectivity index (χ1v) is 7.89. The van der Waals surface area contributed by atoms with Crippen LogP contribution in [0.15, 0.2) is 24.4 Å². The van der Waals surface area contributed by atoms with Gasteiger partial charge in [-0.3, -0.25) is 9.78 Å². The van der Waals surface area contributed by atoms with Crippen LogP contribution in [0, 0.1) is 0 Å². The van der Waals surface area contributed by atoms with Gasteiger partial charge in [-0.2, -0.15) is 4.31 Å². The second-order valence-corrected chi connectivity index (χ2v) is 6.17. The molecule has 0 unspecified atom stereocenters. The molecule has 0 saturated heterocycles. The van der Waals surface area contributed by atoms with Gasteiger partial charge in [0.25, 0.3) is 0 Å². The summed E-state index contributed by atoms with van der Waals surface area (Å²) in [5, 5.41) is 2.63.